The predicted octanol–water partition coefficient (Wildman–Crippen LogP) is 3.43. The van der Waals surface area contributed by atoms with E-state index in [1.54, 1.807) is 6.07 Å². The number of anilines is 2. The van der Waals surface area contributed by atoms with Gasteiger partial charge in [-0.05, 0) is 37.3 Å². The topological polar surface area (TPSA) is 29.3 Å². The summed E-state index contributed by atoms with van der Waals surface area (Å²) in [5.41, 5.74) is 8.16. The molecule has 0 spiro atoms. The second-order valence-electron chi connectivity index (χ2n) is 4.20. The fraction of sp³-hybridized carbons (Fsp3) is 0.200. The summed E-state index contributed by atoms with van der Waals surface area (Å²) in [6.07, 6.45) is 0. The molecular formula is C15H17FN2. The molecule has 0 saturated carbocycles. The summed E-state index contributed by atoms with van der Waals surface area (Å²) in [5, 5.41) is 0. The van der Waals surface area contributed by atoms with Crippen LogP contribution in [-0.2, 0) is 6.54 Å². The molecule has 0 heterocycles. The summed E-state index contributed by atoms with van der Waals surface area (Å²) in [4.78, 5) is 2.11. The van der Waals surface area contributed by atoms with Gasteiger partial charge in [0, 0.05) is 30.0 Å². The van der Waals surface area contributed by atoms with Crippen LogP contribution in [-0.4, -0.2) is 6.54 Å². The van der Waals surface area contributed by atoms with Gasteiger partial charge in [-0.1, -0.05) is 18.2 Å². The Morgan fingerprint density at radius 2 is 1.72 bits per heavy atom. The quantitative estimate of drug-likeness (QED) is 0.835. The first-order valence-electron chi connectivity index (χ1n) is 6.04. The summed E-state index contributed by atoms with van der Waals surface area (Å²) in [5.74, 6) is -0.161. The van der Waals surface area contributed by atoms with Crippen molar-refractivity contribution in [2.45, 2.75) is 13.5 Å². The van der Waals surface area contributed by atoms with Gasteiger partial charge in [-0.3, -0.25) is 0 Å². The lowest BCUT2D eigenvalue weighted by Gasteiger charge is -2.23. The molecule has 0 radical (unpaired) electrons. The molecule has 0 aliphatic carbocycles. The summed E-state index contributed by atoms with van der Waals surface area (Å²) < 4.78 is 13.6. The predicted molar refractivity (Wildman–Crippen MR) is 74.0 cm³/mol. The van der Waals surface area contributed by atoms with Gasteiger partial charge >= 0.3 is 0 Å². The molecule has 3 heteroatoms. The van der Waals surface area contributed by atoms with Crippen molar-refractivity contribution in [3.63, 3.8) is 0 Å². The maximum atomic E-state index is 13.6. The molecule has 0 aliphatic heterocycles. The van der Waals surface area contributed by atoms with Crippen LogP contribution in [0.5, 0.6) is 0 Å². The molecule has 2 rings (SSSR count). The lowest BCUT2D eigenvalue weighted by molar-refractivity contribution is 0.605. The van der Waals surface area contributed by atoms with Crippen LogP contribution in [0.3, 0.4) is 0 Å². The Labute approximate surface area is 107 Å². The highest BCUT2D eigenvalue weighted by molar-refractivity contribution is 5.53. The Morgan fingerprint density at radius 3 is 2.33 bits per heavy atom. The Morgan fingerprint density at radius 1 is 1.06 bits per heavy atom. The number of nitrogen functional groups attached to an aromatic ring is 1. The van der Waals surface area contributed by atoms with Crippen LogP contribution in [0.15, 0.2) is 48.5 Å². The maximum absolute atomic E-state index is 13.6. The third-order valence-electron chi connectivity index (χ3n) is 2.96. The van der Waals surface area contributed by atoms with Crippen molar-refractivity contribution in [1.29, 1.82) is 0 Å². The van der Waals surface area contributed by atoms with E-state index in [1.165, 1.54) is 6.07 Å². The maximum Gasteiger partial charge on any atom is 0.128 e. The summed E-state index contributed by atoms with van der Waals surface area (Å²) in [7, 11) is 0. The molecule has 0 fully saturated rings. The number of hydrogen-bond donors (Lipinski definition) is 1. The van der Waals surface area contributed by atoms with Crippen LogP contribution in [0.25, 0.3) is 0 Å². The van der Waals surface area contributed by atoms with Crippen LogP contribution in [0.1, 0.15) is 12.5 Å². The zero-order valence-corrected chi connectivity index (χ0v) is 10.4. The van der Waals surface area contributed by atoms with Crippen molar-refractivity contribution in [2.24, 2.45) is 0 Å². The molecule has 2 N–H and O–H groups in total. The molecule has 94 valence electrons. The summed E-state index contributed by atoms with van der Waals surface area (Å²) >= 11 is 0. The fourth-order valence-electron chi connectivity index (χ4n) is 1.90. The number of rotatable bonds is 4. The second kappa shape index (κ2) is 5.54. The lowest BCUT2D eigenvalue weighted by Crippen LogP contribution is -2.22. The highest BCUT2D eigenvalue weighted by Crippen LogP contribution is 2.19. The molecule has 0 unspecified atom stereocenters. The van der Waals surface area contributed by atoms with Crippen molar-refractivity contribution >= 4 is 11.4 Å². The molecule has 18 heavy (non-hydrogen) atoms. The van der Waals surface area contributed by atoms with Gasteiger partial charge in [0.15, 0.2) is 0 Å². The standard InChI is InChI=1S/C15H17FN2/c1-2-18(14-9-7-13(17)8-10-14)11-12-5-3-4-6-15(12)16/h3-10H,2,11,17H2,1H3. The van der Waals surface area contributed by atoms with Crippen LogP contribution >= 0.6 is 0 Å². The first-order valence-corrected chi connectivity index (χ1v) is 6.04. The Kier molecular flexibility index (Phi) is 3.82. The number of hydrogen-bond acceptors (Lipinski definition) is 2. The molecule has 0 atom stereocenters. The van der Waals surface area contributed by atoms with E-state index >= 15 is 0 Å². The lowest BCUT2D eigenvalue weighted by atomic mass is 10.2. The van der Waals surface area contributed by atoms with E-state index < -0.39 is 0 Å². The Hall–Kier alpha value is -2.03. The first-order chi connectivity index (χ1) is 8.70. The van der Waals surface area contributed by atoms with Crippen LogP contribution in [0, 0.1) is 5.82 Å². The second-order valence-corrected chi connectivity index (χ2v) is 4.20. The zero-order valence-electron chi connectivity index (χ0n) is 10.4. The third-order valence-corrected chi connectivity index (χ3v) is 2.96. The molecule has 0 amide bonds. The highest BCUT2D eigenvalue weighted by atomic mass is 19.1. The summed E-state index contributed by atoms with van der Waals surface area (Å²) in [6, 6.07) is 14.5. The van der Waals surface area contributed by atoms with Gasteiger partial charge in [-0.25, -0.2) is 4.39 Å². The number of nitrogens with zero attached hydrogens (tertiary/aromatic N) is 1. The fourth-order valence-corrected chi connectivity index (χ4v) is 1.90. The van der Waals surface area contributed by atoms with Crippen LogP contribution in [0.4, 0.5) is 15.8 Å². The van der Waals surface area contributed by atoms with E-state index in [9.17, 15) is 4.39 Å². The number of nitrogens with two attached hydrogens (primary N) is 1. The summed E-state index contributed by atoms with van der Waals surface area (Å²) in [6.45, 7) is 3.43. The van der Waals surface area contributed by atoms with Crippen molar-refractivity contribution < 1.29 is 4.39 Å². The SMILES string of the molecule is CCN(Cc1ccccc1F)c1ccc(N)cc1. The van der Waals surface area contributed by atoms with Crippen LogP contribution < -0.4 is 10.6 Å². The molecule has 2 nitrogen and oxygen atoms in total. The minimum Gasteiger partial charge on any atom is -0.399 e. The first kappa shape index (κ1) is 12.4. The van der Waals surface area contributed by atoms with Crippen molar-refractivity contribution in [3.8, 4) is 0 Å². The van der Waals surface area contributed by atoms with E-state index in [-0.39, 0.29) is 5.82 Å². The molecule has 0 saturated heterocycles. The Balaban J connectivity index is 2.20. The molecule has 0 aliphatic rings. The van der Waals surface area contributed by atoms with E-state index in [1.807, 2.05) is 36.4 Å². The van der Waals surface area contributed by atoms with Crippen molar-refractivity contribution in [2.75, 3.05) is 17.2 Å². The van der Waals surface area contributed by atoms with E-state index in [4.69, 9.17) is 5.73 Å². The van der Waals surface area contributed by atoms with Gasteiger partial charge in [0.1, 0.15) is 5.82 Å². The van der Waals surface area contributed by atoms with E-state index in [2.05, 4.69) is 11.8 Å². The van der Waals surface area contributed by atoms with Crippen LogP contribution in [0.2, 0.25) is 0 Å². The normalized spacial score (nSPS) is 10.3. The molecule has 2 aromatic rings. The highest BCUT2D eigenvalue weighted by Gasteiger charge is 2.08. The molecule has 0 aromatic heterocycles. The van der Waals surface area contributed by atoms with Gasteiger partial charge < -0.3 is 10.6 Å². The van der Waals surface area contributed by atoms with Gasteiger partial charge in [-0.2, -0.15) is 0 Å². The third kappa shape index (κ3) is 2.80. The Bertz CT molecular complexity index is 508. The minimum absolute atomic E-state index is 0.161. The molecular weight excluding hydrogens is 227 g/mol. The van der Waals surface area contributed by atoms with Gasteiger partial charge in [-0.15, -0.1) is 0 Å². The van der Waals surface area contributed by atoms with Gasteiger partial charge in [0.2, 0.25) is 0 Å². The molecule has 0 bridgehead atoms. The average Bonchev–Trinajstić information content (AvgIpc) is 2.39. The van der Waals surface area contributed by atoms with Crippen molar-refractivity contribution in [3.05, 3.63) is 59.9 Å². The smallest absolute Gasteiger partial charge is 0.128 e. The minimum atomic E-state index is -0.161. The van der Waals surface area contributed by atoms with Gasteiger partial charge in [0.05, 0.1) is 0 Å². The van der Waals surface area contributed by atoms with Gasteiger partial charge in [0.25, 0.3) is 0 Å². The number of halogens is 1. The van der Waals surface area contributed by atoms with E-state index in [0.29, 0.717) is 12.1 Å². The monoisotopic (exact) mass is 244 g/mol. The largest absolute Gasteiger partial charge is 0.399 e. The molecule has 2 aromatic carbocycles. The van der Waals surface area contributed by atoms with E-state index in [0.717, 1.165) is 17.9 Å². The van der Waals surface area contributed by atoms with Crippen molar-refractivity contribution in [1.82, 2.24) is 0 Å². The average molecular weight is 244 g/mol. The number of benzene rings is 2. The zero-order chi connectivity index (χ0) is 13.0.